The number of halogens is 3. The Morgan fingerprint density at radius 1 is 1.22 bits per heavy atom. The molecule has 27 heavy (non-hydrogen) atoms. The molecule has 1 fully saturated rings. The molecule has 3 heterocycles. The Morgan fingerprint density at radius 3 is 2.67 bits per heavy atom. The van der Waals surface area contributed by atoms with Crippen LogP contribution in [0.5, 0.6) is 5.75 Å². The lowest BCUT2D eigenvalue weighted by atomic mass is 10.1. The van der Waals surface area contributed by atoms with E-state index in [1.54, 1.807) is 19.4 Å². The standard InChI is InChI=1S/C18H17F3N4O2/c1-24-14-8-25(7-11-5-22-10-23-6-11)9-16(14)27-15-3-2-12(18(19,20)21)4-13(15)17(24)26/h2-6,10,14,16H,7-9H2,1H3. The molecule has 9 heteroatoms. The van der Waals surface area contributed by atoms with E-state index in [1.165, 1.54) is 17.3 Å². The first-order valence-corrected chi connectivity index (χ1v) is 8.44. The van der Waals surface area contributed by atoms with Crippen molar-refractivity contribution in [3.63, 3.8) is 0 Å². The van der Waals surface area contributed by atoms with Crippen LogP contribution in [0.25, 0.3) is 0 Å². The summed E-state index contributed by atoms with van der Waals surface area (Å²) in [5.41, 5.74) is 0.0345. The van der Waals surface area contributed by atoms with Gasteiger partial charge in [0.2, 0.25) is 0 Å². The van der Waals surface area contributed by atoms with Crippen LogP contribution in [0.2, 0.25) is 0 Å². The van der Waals surface area contributed by atoms with Crippen molar-refractivity contribution < 1.29 is 22.7 Å². The normalized spacial score (nSPS) is 22.8. The van der Waals surface area contributed by atoms with Gasteiger partial charge >= 0.3 is 6.18 Å². The van der Waals surface area contributed by atoms with Gasteiger partial charge in [-0.1, -0.05) is 0 Å². The molecular formula is C18H17F3N4O2. The maximum absolute atomic E-state index is 13.0. The van der Waals surface area contributed by atoms with Crippen LogP contribution in [-0.2, 0) is 12.7 Å². The molecular weight excluding hydrogens is 361 g/mol. The van der Waals surface area contributed by atoms with Crippen LogP contribution in [0, 0.1) is 0 Å². The number of likely N-dealkylation sites (N-methyl/N-ethyl adjacent to an activating group) is 1. The number of amides is 1. The Bertz CT molecular complexity index is 859. The predicted molar refractivity (Wildman–Crippen MR) is 89.1 cm³/mol. The van der Waals surface area contributed by atoms with E-state index in [0.29, 0.717) is 19.6 Å². The van der Waals surface area contributed by atoms with Crippen molar-refractivity contribution in [1.29, 1.82) is 0 Å². The number of aromatic nitrogens is 2. The third kappa shape index (κ3) is 3.34. The largest absolute Gasteiger partial charge is 0.486 e. The van der Waals surface area contributed by atoms with Gasteiger partial charge in [-0.2, -0.15) is 13.2 Å². The maximum Gasteiger partial charge on any atom is 0.416 e. The highest BCUT2D eigenvalue weighted by atomic mass is 19.4. The first-order chi connectivity index (χ1) is 12.8. The number of carbonyl (C=O) groups is 1. The molecule has 1 saturated heterocycles. The molecule has 1 amide bonds. The van der Waals surface area contributed by atoms with E-state index < -0.39 is 17.6 Å². The van der Waals surface area contributed by atoms with Crippen LogP contribution in [0.15, 0.2) is 36.9 Å². The molecule has 2 atom stereocenters. The molecule has 6 nitrogen and oxygen atoms in total. The van der Waals surface area contributed by atoms with E-state index in [9.17, 15) is 18.0 Å². The second kappa shape index (κ2) is 6.49. The van der Waals surface area contributed by atoms with Crippen molar-refractivity contribution >= 4 is 5.91 Å². The lowest BCUT2D eigenvalue weighted by molar-refractivity contribution is -0.137. The lowest BCUT2D eigenvalue weighted by Crippen LogP contribution is -2.44. The highest BCUT2D eigenvalue weighted by Gasteiger charge is 2.43. The second-order valence-corrected chi connectivity index (χ2v) is 6.79. The number of fused-ring (bicyclic) bond motifs is 2. The van der Waals surface area contributed by atoms with Gasteiger partial charge in [0.1, 0.15) is 18.2 Å². The molecule has 142 valence electrons. The number of hydrogen-bond donors (Lipinski definition) is 0. The SMILES string of the molecule is CN1C(=O)c2cc(C(F)(F)F)ccc2OC2CN(Cc3cncnc3)CC21. The summed E-state index contributed by atoms with van der Waals surface area (Å²) >= 11 is 0. The monoisotopic (exact) mass is 378 g/mol. The lowest BCUT2D eigenvalue weighted by Gasteiger charge is -2.25. The van der Waals surface area contributed by atoms with Crippen molar-refractivity contribution in [2.75, 3.05) is 20.1 Å². The van der Waals surface area contributed by atoms with Gasteiger partial charge in [-0.3, -0.25) is 9.69 Å². The Labute approximate surface area is 153 Å². The van der Waals surface area contributed by atoms with Crippen molar-refractivity contribution in [2.45, 2.75) is 24.9 Å². The zero-order chi connectivity index (χ0) is 19.2. The van der Waals surface area contributed by atoms with Crippen LogP contribution < -0.4 is 4.74 Å². The summed E-state index contributed by atoms with van der Waals surface area (Å²) in [5.74, 6) is -0.272. The number of hydrogen-bond acceptors (Lipinski definition) is 5. The molecule has 1 aromatic carbocycles. The van der Waals surface area contributed by atoms with Gasteiger partial charge < -0.3 is 9.64 Å². The Balaban J connectivity index is 1.59. The van der Waals surface area contributed by atoms with Gasteiger partial charge in [0.25, 0.3) is 5.91 Å². The molecule has 4 rings (SSSR count). The fourth-order valence-corrected chi connectivity index (χ4v) is 3.60. The highest BCUT2D eigenvalue weighted by Crippen LogP contribution is 2.36. The van der Waals surface area contributed by atoms with E-state index in [4.69, 9.17) is 4.74 Å². The first-order valence-electron chi connectivity index (χ1n) is 8.44. The average Bonchev–Trinajstić information content (AvgIpc) is 2.99. The highest BCUT2D eigenvalue weighted by molar-refractivity contribution is 5.97. The average molecular weight is 378 g/mol. The number of rotatable bonds is 2. The van der Waals surface area contributed by atoms with Crippen LogP contribution in [0.1, 0.15) is 21.5 Å². The second-order valence-electron chi connectivity index (χ2n) is 6.79. The van der Waals surface area contributed by atoms with Gasteiger partial charge in [0.15, 0.2) is 0 Å². The summed E-state index contributed by atoms with van der Waals surface area (Å²) in [6.07, 6.45) is 0.0843. The van der Waals surface area contributed by atoms with E-state index >= 15 is 0 Å². The van der Waals surface area contributed by atoms with Gasteiger partial charge in [-0.05, 0) is 18.2 Å². The fourth-order valence-electron chi connectivity index (χ4n) is 3.60. The summed E-state index contributed by atoms with van der Waals surface area (Å²) < 4.78 is 44.9. The summed E-state index contributed by atoms with van der Waals surface area (Å²) in [7, 11) is 1.61. The third-order valence-electron chi connectivity index (χ3n) is 4.97. The Hall–Kier alpha value is -2.68. The van der Waals surface area contributed by atoms with Crippen molar-refractivity contribution in [3.8, 4) is 5.75 Å². The molecule has 2 aliphatic heterocycles. The third-order valence-corrected chi connectivity index (χ3v) is 4.97. The van der Waals surface area contributed by atoms with Gasteiger partial charge in [-0.15, -0.1) is 0 Å². The van der Waals surface area contributed by atoms with Crippen LogP contribution in [0.3, 0.4) is 0 Å². The minimum Gasteiger partial charge on any atom is -0.486 e. The molecule has 0 aliphatic carbocycles. The minimum atomic E-state index is -4.51. The fraction of sp³-hybridized carbons (Fsp3) is 0.389. The van der Waals surface area contributed by atoms with E-state index in [0.717, 1.165) is 17.7 Å². The number of carbonyl (C=O) groups excluding carboxylic acids is 1. The van der Waals surface area contributed by atoms with Gasteiger partial charge in [0, 0.05) is 44.6 Å². The topological polar surface area (TPSA) is 58.6 Å². The molecule has 2 unspecified atom stereocenters. The predicted octanol–water partition coefficient (Wildman–Crippen LogP) is 2.21. The number of likely N-dealkylation sites (tertiary alicyclic amines) is 1. The smallest absolute Gasteiger partial charge is 0.416 e. The summed E-state index contributed by atoms with van der Waals surface area (Å²) in [6.45, 7) is 1.72. The van der Waals surface area contributed by atoms with Crippen molar-refractivity contribution in [2.24, 2.45) is 0 Å². The zero-order valence-corrected chi connectivity index (χ0v) is 14.5. The number of benzene rings is 1. The molecule has 0 N–H and O–H groups in total. The molecule has 2 aromatic rings. The molecule has 2 aliphatic rings. The van der Waals surface area contributed by atoms with Crippen LogP contribution in [-0.4, -0.2) is 58.0 Å². The minimum absolute atomic E-state index is 0.0512. The van der Waals surface area contributed by atoms with Crippen LogP contribution in [0.4, 0.5) is 13.2 Å². The summed E-state index contributed by atoms with van der Waals surface area (Å²) in [6, 6.07) is 2.80. The Morgan fingerprint density at radius 2 is 1.96 bits per heavy atom. The zero-order valence-electron chi connectivity index (χ0n) is 14.5. The quantitative estimate of drug-likeness (QED) is 0.802. The number of ether oxygens (including phenoxy) is 1. The Kier molecular flexibility index (Phi) is 4.26. The first kappa shape index (κ1) is 17.7. The van der Waals surface area contributed by atoms with Gasteiger partial charge in [-0.25, -0.2) is 9.97 Å². The van der Waals surface area contributed by atoms with E-state index in [-0.39, 0.29) is 23.5 Å². The molecule has 0 radical (unpaired) electrons. The number of nitrogens with zero attached hydrogens (tertiary/aromatic N) is 4. The molecule has 0 saturated carbocycles. The molecule has 0 bridgehead atoms. The van der Waals surface area contributed by atoms with E-state index in [2.05, 4.69) is 14.9 Å². The van der Waals surface area contributed by atoms with Gasteiger partial charge in [0.05, 0.1) is 17.2 Å². The molecule has 1 aromatic heterocycles. The van der Waals surface area contributed by atoms with Crippen LogP contribution >= 0.6 is 0 Å². The number of alkyl halides is 3. The summed E-state index contributed by atoms with van der Waals surface area (Å²) in [5, 5.41) is 0. The van der Waals surface area contributed by atoms with Crippen molar-refractivity contribution in [3.05, 3.63) is 53.6 Å². The van der Waals surface area contributed by atoms with E-state index in [1.807, 2.05) is 0 Å². The van der Waals surface area contributed by atoms with Crippen molar-refractivity contribution in [1.82, 2.24) is 19.8 Å². The maximum atomic E-state index is 13.0. The molecule has 0 spiro atoms. The summed E-state index contributed by atoms with van der Waals surface area (Å²) in [4.78, 5) is 24.3.